The fourth-order valence-corrected chi connectivity index (χ4v) is 3.96. The summed E-state index contributed by atoms with van der Waals surface area (Å²) in [5, 5.41) is 0. The lowest BCUT2D eigenvalue weighted by molar-refractivity contribution is 0.182. The Morgan fingerprint density at radius 1 is 1.05 bits per heavy atom. The molecule has 0 N–H and O–H groups in total. The number of benzene rings is 1. The summed E-state index contributed by atoms with van der Waals surface area (Å²) in [5.74, 6) is 1.30. The van der Waals surface area contributed by atoms with E-state index in [1.807, 2.05) is 18.2 Å². The van der Waals surface area contributed by atoms with Gasteiger partial charge in [-0.15, -0.1) is 6.58 Å². The molecule has 2 saturated heterocycles. The van der Waals surface area contributed by atoms with Crippen LogP contribution < -0.4 is 0 Å². The van der Waals surface area contributed by atoms with Crippen LogP contribution in [0.2, 0.25) is 0 Å². The lowest BCUT2D eigenvalue weighted by Gasteiger charge is -2.33. The first-order valence-corrected chi connectivity index (χ1v) is 8.55. The van der Waals surface area contributed by atoms with Crippen molar-refractivity contribution in [2.75, 3.05) is 39.3 Å². The van der Waals surface area contributed by atoms with E-state index in [9.17, 15) is 4.39 Å². The van der Waals surface area contributed by atoms with Gasteiger partial charge >= 0.3 is 0 Å². The number of nitrogens with zero attached hydrogens (tertiary/aromatic N) is 2. The fourth-order valence-electron chi connectivity index (χ4n) is 3.96. The zero-order valence-corrected chi connectivity index (χ0v) is 13.4. The molecule has 3 heteroatoms. The smallest absolute Gasteiger partial charge is 0.123 e. The van der Waals surface area contributed by atoms with Gasteiger partial charge in [-0.3, -0.25) is 4.90 Å². The molecule has 1 aromatic carbocycles. The second kappa shape index (κ2) is 7.38. The highest BCUT2D eigenvalue weighted by Gasteiger charge is 2.26. The van der Waals surface area contributed by atoms with Crippen LogP contribution in [0.1, 0.15) is 30.7 Å². The summed E-state index contributed by atoms with van der Waals surface area (Å²) in [6.45, 7) is 10.9. The van der Waals surface area contributed by atoms with Crippen molar-refractivity contribution in [3.8, 4) is 0 Å². The molecule has 2 aliphatic heterocycles. The van der Waals surface area contributed by atoms with Crippen molar-refractivity contribution >= 4 is 0 Å². The largest absolute Gasteiger partial charge is 0.303 e. The van der Waals surface area contributed by atoms with Crippen molar-refractivity contribution in [3.05, 3.63) is 48.3 Å². The van der Waals surface area contributed by atoms with E-state index in [2.05, 4.69) is 16.4 Å². The minimum absolute atomic E-state index is 0.133. The maximum Gasteiger partial charge on any atom is 0.123 e. The van der Waals surface area contributed by atoms with Crippen LogP contribution >= 0.6 is 0 Å². The molecule has 0 saturated carbocycles. The van der Waals surface area contributed by atoms with Gasteiger partial charge in [0, 0.05) is 19.6 Å². The minimum atomic E-state index is -0.133. The van der Waals surface area contributed by atoms with Crippen LogP contribution in [0.3, 0.4) is 0 Å². The quantitative estimate of drug-likeness (QED) is 0.768. The van der Waals surface area contributed by atoms with Gasteiger partial charge in [0.2, 0.25) is 0 Å². The molecule has 0 spiro atoms. The molecule has 2 nitrogen and oxygen atoms in total. The predicted octanol–water partition coefficient (Wildman–Crippen LogP) is 3.51. The number of rotatable bonds is 5. The Morgan fingerprint density at radius 2 is 1.73 bits per heavy atom. The Hall–Kier alpha value is -1.19. The summed E-state index contributed by atoms with van der Waals surface area (Å²) in [7, 11) is 0. The monoisotopic (exact) mass is 302 g/mol. The Labute approximate surface area is 133 Å². The normalized spacial score (nSPS) is 24.7. The van der Waals surface area contributed by atoms with Crippen LogP contribution in [-0.4, -0.2) is 49.1 Å². The second-order valence-corrected chi connectivity index (χ2v) is 6.83. The highest BCUT2D eigenvalue weighted by molar-refractivity contribution is 5.21. The van der Waals surface area contributed by atoms with Gasteiger partial charge in [0.25, 0.3) is 0 Å². The molecule has 0 bridgehead atoms. The van der Waals surface area contributed by atoms with Gasteiger partial charge in [0.1, 0.15) is 5.82 Å². The van der Waals surface area contributed by atoms with E-state index in [0.29, 0.717) is 5.92 Å². The van der Waals surface area contributed by atoms with Crippen molar-refractivity contribution in [3.63, 3.8) is 0 Å². The number of likely N-dealkylation sites (tertiary alicyclic amines) is 2. The Balaban J connectivity index is 1.44. The van der Waals surface area contributed by atoms with Crippen molar-refractivity contribution in [2.24, 2.45) is 5.92 Å². The molecule has 3 rings (SSSR count). The van der Waals surface area contributed by atoms with E-state index in [4.69, 9.17) is 0 Å². The van der Waals surface area contributed by atoms with E-state index in [1.54, 1.807) is 12.1 Å². The Bertz CT molecular complexity index is 477. The SMILES string of the molecule is C=CCN1CC[C@H](CN2CCC(c3ccc(F)cc3)CC2)C1. The summed E-state index contributed by atoms with van der Waals surface area (Å²) >= 11 is 0. The molecular formula is C19H27FN2. The number of hydrogen-bond acceptors (Lipinski definition) is 2. The van der Waals surface area contributed by atoms with Gasteiger partial charge in [0.05, 0.1) is 0 Å². The summed E-state index contributed by atoms with van der Waals surface area (Å²) in [5.41, 5.74) is 1.30. The molecule has 2 heterocycles. The molecule has 2 aliphatic rings. The molecular weight excluding hydrogens is 275 g/mol. The standard InChI is InChI=1S/C19H27FN2/c1-2-10-21-11-7-16(14-21)15-22-12-8-18(9-13-22)17-3-5-19(20)6-4-17/h2-6,16,18H,1,7-15H2/t16-/m0/s1. The van der Waals surface area contributed by atoms with Gasteiger partial charge in [-0.2, -0.15) is 0 Å². The summed E-state index contributed by atoms with van der Waals surface area (Å²) < 4.78 is 13.0. The van der Waals surface area contributed by atoms with Gasteiger partial charge < -0.3 is 4.90 Å². The molecule has 0 amide bonds. The van der Waals surface area contributed by atoms with Crippen LogP contribution in [-0.2, 0) is 0 Å². The van der Waals surface area contributed by atoms with Crippen molar-refractivity contribution in [2.45, 2.75) is 25.2 Å². The molecule has 0 aliphatic carbocycles. The summed E-state index contributed by atoms with van der Waals surface area (Å²) in [6.07, 6.45) is 5.74. The third kappa shape index (κ3) is 3.96. The van der Waals surface area contributed by atoms with E-state index in [1.165, 1.54) is 57.5 Å². The average Bonchev–Trinajstić information content (AvgIpc) is 2.97. The van der Waals surface area contributed by atoms with Gasteiger partial charge in [-0.05, 0) is 68.4 Å². The molecule has 0 unspecified atom stereocenters. The number of halogens is 1. The van der Waals surface area contributed by atoms with Crippen LogP contribution in [0.15, 0.2) is 36.9 Å². The first-order chi connectivity index (χ1) is 10.7. The van der Waals surface area contributed by atoms with E-state index in [-0.39, 0.29) is 5.82 Å². The molecule has 120 valence electrons. The van der Waals surface area contributed by atoms with Crippen LogP contribution in [0, 0.1) is 11.7 Å². The number of piperidine rings is 1. The lowest BCUT2D eigenvalue weighted by Crippen LogP contribution is -2.37. The van der Waals surface area contributed by atoms with E-state index < -0.39 is 0 Å². The van der Waals surface area contributed by atoms with Gasteiger partial charge in [-0.25, -0.2) is 4.39 Å². The van der Waals surface area contributed by atoms with Crippen molar-refractivity contribution in [1.29, 1.82) is 0 Å². The molecule has 0 aromatic heterocycles. The van der Waals surface area contributed by atoms with Crippen molar-refractivity contribution < 1.29 is 4.39 Å². The first-order valence-electron chi connectivity index (χ1n) is 8.55. The summed E-state index contributed by atoms with van der Waals surface area (Å²) in [6, 6.07) is 7.10. The Morgan fingerprint density at radius 3 is 2.41 bits per heavy atom. The maximum atomic E-state index is 13.0. The molecule has 0 radical (unpaired) electrons. The third-order valence-electron chi connectivity index (χ3n) is 5.20. The van der Waals surface area contributed by atoms with Gasteiger partial charge in [-0.1, -0.05) is 18.2 Å². The highest BCUT2D eigenvalue weighted by Crippen LogP contribution is 2.29. The minimum Gasteiger partial charge on any atom is -0.303 e. The van der Waals surface area contributed by atoms with Crippen molar-refractivity contribution in [1.82, 2.24) is 9.80 Å². The first kappa shape index (κ1) is 15.7. The zero-order valence-electron chi connectivity index (χ0n) is 13.4. The molecule has 1 atom stereocenters. The highest BCUT2D eigenvalue weighted by atomic mass is 19.1. The third-order valence-corrected chi connectivity index (χ3v) is 5.20. The van der Waals surface area contributed by atoms with Gasteiger partial charge in [0.15, 0.2) is 0 Å². The lowest BCUT2D eigenvalue weighted by atomic mass is 9.89. The van der Waals surface area contributed by atoms with Crippen LogP contribution in [0.4, 0.5) is 4.39 Å². The second-order valence-electron chi connectivity index (χ2n) is 6.83. The summed E-state index contributed by atoms with van der Waals surface area (Å²) in [4.78, 5) is 5.13. The van der Waals surface area contributed by atoms with E-state index in [0.717, 1.165) is 12.5 Å². The average molecular weight is 302 g/mol. The fraction of sp³-hybridized carbons (Fsp3) is 0.579. The van der Waals surface area contributed by atoms with Crippen LogP contribution in [0.25, 0.3) is 0 Å². The van der Waals surface area contributed by atoms with E-state index >= 15 is 0 Å². The van der Waals surface area contributed by atoms with Crippen LogP contribution in [0.5, 0.6) is 0 Å². The molecule has 1 aromatic rings. The molecule has 2 fully saturated rings. The number of hydrogen-bond donors (Lipinski definition) is 0. The molecule has 22 heavy (non-hydrogen) atoms. The predicted molar refractivity (Wildman–Crippen MR) is 89.6 cm³/mol. The Kier molecular flexibility index (Phi) is 5.27. The topological polar surface area (TPSA) is 6.48 Å². The zero-order chi connectivity index (χ0) is 15.4. The maximum absolute atomic E-state index is 13.0.